The van der Waals surface area contributed by atoms with Crippen LogP contribution in [0, 0.1) is 0 Å². The molecular weight excluding hydrogens is 459 g/mol. The van der Waals surface area contributed by atoms with Crippen LogP contribution < -0.4 is 20.5 Å². The van der Waals surface area contributed by atoms with Crippen LogP contribution >= 0.6 is 24.0 Å². The number of benzene rings is 1. The van der Waals surface area contributed by atoms with E-state index >= 15 is 0 Å². The third kappa shape index (κ3) is 5.22. The van der Waals surface area contributed by atoms with Crippen molar-refractivity contribution >= 4 is 41.3 Å². The van der Waals surface area contributed by atoms with Gasteiger partial charge in [0.2, 0.25) is 0 Å². The fourth-order valence-corrected chi connectivity index (χ4v) is 2.49. The van der Waals surface area contributed by atoms with Gasteiger partial charge in [-0.1, -0.05) is 0 Å². The molecule has 1 aromatic carbocycles. The van der Waals surface area contributed by atoms with Crippen LogP contribution in [-0.4, -0.2) is 33.8 Å². The third-order valence-corrected chi connectivity index (χ3v) is 3.60. The minimum atomic E-state index is 0. The first-order chi connectivity index (χ1) is 12.7. The van der Waals surface area contributed by atoms with Gasteiger partial charge in [0.25, 0.3) is 0 Å². The van der Waals surface area contributed by atoms with E-state index in [1.54, 1.807) is 16.9 Å². The summed E-state index contributed by atoms with van der Waals surface area (Å²) in [5, 5.41) is 7.32. The van der Waals surface area contributed by atoms with Gasteiger partial charge in [-0.3, -0.25) is 0 Å². The zero-order valence-electron chi connectivity index (χ0n) is 15.3. The summed E-state index contributed by atoms with van der Waals surface area (Å²) in [5.74, 6) is 1.70. The molecule has 3 aromatic rings. The Morgan fingerprint density at radius 3 is 2.74 bits per heavy atom. The summed E-state index contributed by atoms with van der Waals surface area (Å²) in [4.78, 5) is 8.63. The molecule has 0 spiro atoms. The lowest BCUT2D eigenvalue weighted by molar-refractivity contribution is 0.332. The topological polar surface area (TPSA) is 99.1 Å². The molecule has 144 valence electrons. The number of aromatic nitrogens is 3. The molecular formula is C18H23IN6O2. The molecule has 2 heterocycles. The zero-order chi connectivity index (χ0) is 18.4. The summed E-state index contributed by atoms with van der Waals surface area (Å²) in [6, 6.07) is 9.24. The van der Waals surface area contributed by atoms with Crippen molar-refractivity contribution in [1.82, 2.24) is 14.6 Å². The number of nitrogens with zero attached hydrogens (tertiary/aromatic N) is 4. The van der Waals surface area contributed by atoms with Gasteiger partial charge in [-0.05, 0) is 32.0 Å². The molecule has 0 aliphatic heterocycles. The molecule has 3 rings (SSSR count). The van der Waals surface area contributed by atoms with Crippen molar-refractivity contribution in [3.05, 3.63) is 48.4 Å². The van der Waals surface area contributed by atoms with Crippen molar-refractivity contribution in [3.8, 4) is 11.5 Å². The maximum absolute atomic E-state index is 6.06. The van der Waals surface area contributed by atoms with Crippen molar-refractivity contribution in [2.75, 3.05) is 18.5 Å². The SMILES string of the molecule is CCOc1ccc(OCC)c(NC(N)=NCc2ccnc3ccnn23)c1.I. The van der Waals surface area contributed by atoms with Crippen LogP contribution in [0.5, 0.6) is 11.5 Å². The number of hydrogen-bond donors (Lipinski definition) is 2. The number of guanidine groups is 1. The van der Waals surface area contributed by atoms with Crippen molar-refractivity contribution < 1.29 is 9.47 Å². The standard InChI is InChI=1S/C18H22N6O2.HI/c1-3-25-14-5-6-16(26-4-2)15(11-14)23-18(19)21-12-13-7-9-20-17-8-10-22-24(13)17;/h5-11H,3-4,12H2,1-2H3,(H3,19,21,23);1H. The summed E-state index contributed by atoms with van der Waals surface area (Å²) in [5.41, 5.74) is 8.42. The summed E-state index contributed by atoms with van der Waals surface area (Å²) in [6.45, 7) is 5.36. The van der Waals surface area contributed by atoms with Gasteiger partial charge in [0, 0.05) is 18.3 Å². The highest BCUT2D eigenvalue weighted by atomic mass is 127. The summed E-state index contributed by atoms with van der Waals surface area (Å²) >= 11 is 0. The largest absolute Gasteiger partial charge is 0.494 e. The smallest absolute Gasteiger partial charge is 0.193 e. The molecule has 0 amide bonds. The molecule has 3 N–H and O–H groups in total. The Hall–Kier alpha value is -2.56. The van der Waals surface area contributed by atoms with E-state index in [1.807, 2.05) is 44.2 Å². The lowest BCUT2D eigenvalue weighted by atomic mass is 10.2. The van der Waals surface area contributed by atoms with Gasteiger partial charge in [0.05, 0.1) is 37.3 Å². The summed E-state index contributed by atoms with van der Waals surface area (Å²) in [6.07, 6.45) is 3.43. The van der Waals surface area contributed by atoms with Crippen molar-refractivity contribution in [1.29, 1.82) is 0 Å². The van der Waals surface area contributed by atoms with E-state index in [0.717, 1.165) is 17.1 Å². The van der Waals surface area contributed by atoms with Crippen LogP contribution in [0.15, 0.2) is 47.7 Å². The lowest BCUT2D eigenvalue weighted by Crippen LogP contribution is -2.23. The second-order valence-electron chi connectivity index (χ2n) is 5.39. The molecule has 0 radical (unpaired) electrons. The highest BCUT2D eigenvalue weighted by molar-refractivity contribution is 14.0. The van der Waals surface area contributed by atoms with E-state index in [9.17, 15) is 0 Å². The monoisotopic (exact) mass is 482 g/mol. The molecule has 0 aliphatic carbocycles. The average Bonchev–Trinajstić information content (AvgIpc) is 3.12. The molecule has 8 nitrogen and oxygen atoms in total. The first kappa shape index (κ1) is 20.7. The van der Waals surface area contributed by atoms with Gasteiger partial charge < -0.3 is 20.5 Å². The Balaban J connectivity index is 0.00000261. The van der Waals surface area contributed by atoms with Crippen molar-refractivity contribution in [3.63, 3.8) is 0 Å². The first-order valence-corrected chi connectivity index (χ1v) is 8.45. The number of halogens is 1. The predicted octanol–water partition coefficient (Wildman–Crippen LogP) is 3.07. The Morgan fingerprint density at radius 2 is 1.96 bits per heavy atom. The molecule has 27 heavy (non-hydrogen) atoms. The number of hydrogen-bond acceptors (Lipinski definition) is 5. The van der Waals surface area contributed by atoms with Crippen LogP contribution in [0.1, 0.15) is 19.5 Å². The molecule has 0 saturated heterocycles. The molecule has 0 aliphatic rings. The molecule has 0 fully saturated rings. The van der Waals surface area contributed by atoms with E-state index in [2.05, 4.69) is 20.4 Å². The van der Waals surface area contributed by atoms with Crippen LogP contribution in [-0.2, 0) is 6.54 Å². The van der Waals surface area contributed by atoms with Gasteiger partial charge in [-0.15, -0.1) is 24.0 Å². The van der Waals surface area contributed by atoms with E-state index in [0.29, 0.717) is 31.2 Å². The fraction of sp³-hybridized carbons (Fsp3) is 0.278. The molecule has 0 saturated carbocycles. The maximum atomic E-state index is 6.06. The predicted molar refractivity (Wildman–Crippen MR) is 116 cm³/mol. The Kier molecular flexibility index (Phi) is 7.65. The summed E-state index contributed by atoms with van der Waals surface area (Å²) < 4.78 is 12.9. The van der Waals surface area contributed by atoms with E-state index < -0.39 is 0 Å². The van der Waals surface area contributed by atoms with Gasteiger partial charge in [-0.25, -0.2) is 14.5 Å². The number of aliphatic imine (C=N–C) groups is 1. The Labute approximate surface area is 174 Å². The maximum Gasteiger partial charge on any atom is 0.193 e. The van der Waals surface area contributed by atoms with Crippen molar-refractivity contribution in [2.45, 2.75) is 20.4 Å². The minimum Gasteiger partial charge on any atom is -0.494 e. The molecule has 0 atom stereocenters. The van der Waals surface area contributed by atoms with Gasteiger partial charge in [-0.2, -0.15) is 5.10 Å². The van der Waals surface area contributed by atoms with Crippen LogP contribution in [0.4, 0.5) is 5.69 Å². The van der Waals surface area contributed by atoms with Gasteiger partial charge in [0.1, 0.15) is 11.5 Å². The van der Waals surface area contributed by atoms with Crippen LogP contribution in [0.25, 0.3) is 5.65 Å². The lowest BCUT2D eigenvalue weighted by Gasteiger charge is -2.14. The highest BCUT2D eigenvalue weighted by Gasteiger charge is 2.08. The fourth-order valence-electron chi connectivity index (χ4n) is 2.49. The number of fused-ring (bicyclic) bond motifs is 1. The number of anilines is 1. The highest BCUT2D eigenvalue weighted by Crippen LogP contribution is 2.29. The molecule has 0 bridgehead atoms. The number of nitrogens with two attached hydrogens (primary N) is 1. The average molecular weight is 482 g/mol. The normalized spacial score (nSPS) is 11.1. The van der Waals surface area contributed by atoms with Gasteiger partial charge in [0.15, 0.2) is 11.6 Å². The summed E-state index contributed by atoms with van der Waals surface area (Å²) in [7, 11) is 0. The number of nitrogens with one attached hydrogen (secondary N) is 1. The molecule has 2 aromatic heterocycles. The van der Waals surface area contributed by atoms with Gasteiger partial charge >= 0.3 is 0 Å². The quantitative estimate of drug-likeness (QED) is 0.305. The third-order valence-electron chi connectivity index (χ3n) is 3.60. The Bertz CT molecular complexity index is 912. The van der Waals surface area contributed by atoms with Crippen LogP contribution in [0.2, 0.25) is 0 Å². The van der Waals surface area contributed by atoms with Crippen LogP contribution in [0.3, 0.4) is 0 Å². The first-order valence-electron chi connectivity index (χ1n) is 8.45. The number of rotatable bonds is 7. The molecule has 9 heteroatoms. The van der Waals surface area contributed by atoms with E-state index in [1.165, 1.54) is 0 Å². The van der Waals surface area contributed by atoms with E-state index in [-0.39, 0.29) is 29.9 Å². The second kappa shape index (κ2) is 9.95. The van der Waals surface area contributed by atoms with Crippen molar-refractivity contribution in [2.24, 2.45) is 10.7 Å². The van der Waals surface area contributed by atoms with E-state index in [4.69, 9.17) is 15.2 Å². The molecule has 0 unspecified atom stereocenters. The zero-order valence-corrected chi connectivity index (χ0v) is 17.6. The second-order valence-corrected chi connectivity index (χ2v) is 5.39. The minimum absolute atomic E-state index is 0. The Morgan fingerprint density at radius 1 is 1.15 bits per heavy atom. The number of ether oxygens (including phenoxy) is 2.